The van der Waals surface area contributed by atoms with Crippen molar-refractivity contribution in [3.63, 3.8) is 0 Å². The highest BCUT2D eigenvalue weighted by molar-refractivity contribution is 5.93. The van der Waals surface area contributed by atoms with E-state index in [0.717, 1.165) is 6.42 Å². The van der Waals surface area contributed by atoms with Crippen LogP contribution < -0.4 is 0 Å². The molecule has 1 aliphatic rings. The standard InChI is InChI=1S/C13H19N3O3/c1-3-4-13(12(18)19)5-6-16(8-13)11(17)10-7-14-9-15(10)2/h7,9H,3-6,8H2,1-2H3,(H,18,19). The van der Waals surface area contributed by atoms with Gasteiger partial charge in [-0.25, -0.2) is 4.98 Å². The van der Waals surface area contributed by atoms with Gasteiger partial charge in [0, 0.05) is 20.1 Å². The topological polar surface area (TPSA) is 75.4 Å². The number of carbonyl (C=O) groups is 2. The molecule has 1 unspecified atom stereocenters. The van der Waals surface area contributed by atoms with Crippen LogP contribution in [0.25, 0.3) is 0 Å². The summed E-state index contributed by atoms with van der Waals surface area (Å²) in [6.07, 6.45) is 5.03. The minimum atomic E-state index is -0.797. The summed E-state index contributed by atoms with van der Waals surface area (Å²) in [5, 5.41) is 9.42. The summed E-state index contributed by atoms with van der Waals surface area (Å²) in [7, 11) is 1.76. The maximum atomic E-state index is 12.3. The first-order valence-corrected chi connectivity index (χ1v) is 6.49. The van der Waals surface area contributed by atoms with Crippen molar-refractivity contribution in [2.24, 2.45) is 12.5 Å². The van der Waals surface area contributed by atoms with E-state index in [-0.39, 0.29) is 5.91 Å². The maximum Gasteiger partial charge on any atom is 0.311 e. The van der Waals surface area contributed by atoms with E-state index in [4.69, 9.17) is 0 Å². The van der Waals surface area contributed by atoms with E-state index in [1.54, 1.807) is 22.8 Å². The van der Waals surface area contributed by atoms with Gasteiger partial charge in [-0.05, 0) is 12.8 Å². The second-order valence-corrected chi connectivity index (χ2v) is 5.20. The molecule has 19 heavy (non-hydrogen) atoms. The summed E-state index contributed by atoms with van der Waals surface area (Å²) >= 11 is 0. The fourth-order valence-corrected chi connectivity index (χ4v) is 2.74. The van der Waals surface area contributed by atoms with Crippen LogP contribution in [-0.4, -0.2) is 44.5 Å². The van der Waals surface area contributed by atoms with Gasteiger partial charge in [-0.1, -0.05) is 13.3 Å². The number of imidazole rings is 1. The van der Waals surface area contributed by atoms with Crippen LogP contribution in [-0.2, 0) is 11.8 Å². The summed E-state index contributed by atoms with van der Waals surface area (Å²) in [4.78, 5) is 29.3. The van der Waals surface area contributed by atoms with Crippen molar-refractivity contribution in [3.05, 3.63) is 18.2 Å². The molecule has 1 N–H and O–H groups in total. The number of carbonyl (C=O) groups excluding carboxylic acids is 1. The highest BCUT2D eigenvalue weighted by Gasteiger charge is 2.45. The molecule has 2 heterocycles. The Kier molecular flexibility index (Phi) is 3.59. The van der Waals surface area contributed by atoms with E-state index >= 15 is 0 Å². The lowest BCUT2D eigenvalue weighted by atomic mass is 9.83. The Hall–Kier alpha value is -1.85. The lowest BCUT2D eigenvalue weighted by molar-refractivity contribution is -0.148. The molecule has 0 aliphatic carbocycles. The summed E-state index contributed by atoms with van der Waals surface area (Å²) in [6, 6.07) is 0. The van der Waals surface area contributed by atoms with Gasteiger partial charge in [0.25, 0.3) is 5.91 Å². The fraction of sp³-hybridized carbons (Fsp3) is 0.615. The molecular weight excluding hydrogens is 246 g/mol. The molecule has 1 saturated heterocycles. The van der Waals surface area contributed by atoms with E-state index < -0.39 is 11.4 Å². The predicted molar refractivity (Wildman–Crippen MR) is 68.7 cm³/mol. The number of hydrogen-bond donors (Lipinski definition) is 1. The monoisotopic (exact) mass is 265 g/mol. The molecule has 1 aliphatic heterocycles. The van der Waals surface area contributed by atoms with Gasteiger partial charge in [0.05, 0.1) is 17.9 Å². The fourth-order valence-electron chi connectivity index (χ4n) is 2.74. The molecule has 1 aromatic rings. The molecule has 104 valence electrons. The number of nitrogens with zero attached hydrogens (tertiary/aromatic N) is 3. The number of carboxylic acids is 1. The molecule has 0 radical (unpaired) electrons. The minimum absolute atomic E-state index is 0.140. The molecule has 0 spiro atoms. The van der Waals surface area contributed by atoms with E-state index in [2.05, 4.69) is 4.98 Å². The van der Waals surface area contributed by atoms with Gasteiger partial charge in [0.15, 0.2) is 0 Å². The van der Waals surface area contributed by atoms with Crippen LogP contribution in [0.3, 0.4) is 0 Å². The summed E-state index contributed by atoms with van der Waals surface area (Å²) in [5.74, 6) is -0.936. The first-order valence-electron chi connectivity index (χ1n) is 6.49. The van der Waals surface area contributed by atoms with Crippen molar-refractivity contribution in [3.8, 4) is 0 Å². The number of aryl methyl sites for hydroxylation is 1. The first-order chi connectivity index (χ1) is 9.00. The van der Waals surface area contributed by atoms with Gasteiger partial charge in [-0.2, -0.15) is 0 Å². The van der Waals surface area contributed by atoms with Crippen LogP contribution in [0.2, 0.25) is 0 Å². The van der Waals surface area contributed by atoms with Crippen LogP contribution in [0.5, 0.6) is 0 Å². The molecule has 0 saturated carbocycles. The number of hydrogen-bond acceptors (Lipinski definition) is 3. The van der Waals surface area contributed by atoms with Crippen LogP contribution >= 0.6 is 0 Å². The Morgan fingerprint density at radius 3 is 2.79 bits per heavy atom. The second-order valence-electron chi connectivity index (χ2n) is 5.20. The molecule has 1 aromatic heterocycles. The molecule has 0 bridgehead atoms. The van der Waals surface area contributed by atoms with Crippen molar-refractivity contribution < 1.29 is 14.7 Å². The molecule has 1 amide bonds. The molecule has 1 atom stereocenters. The van der Waals surface area contributed by atoms with Crippen molar-refractivity contribution in [2.45, 2.75) is 26.2 Å². The summed E-state index contributed by atoms with van der Waals surface area (Å²) < 4.78 is 1.66. The van der Waals surface area contributed by atoms with Gasteiger partial charge in [-0.15, -0.1) is 0 Å². The van der Waals surface area contributed by atoms with Gasteiger partial charge < -0.3 is 14.6 Å². The third kappa shape index (κ3) is 2.34. The maximum absolute atomic E-state index is 12.3. The molecule has 6 nitrogen and oxygen atoms in total. The minimum Gasteiger partial charge on any atom is -0.481 e. The quantitative estimate of drug-likeness (QED) is 0.885. The lowest BCUT2D eigenvalue weighted by Crippen LogP contribution is -2.37. The largest absolute Gasteiger partial charge is 0.481 e. The Morgan fingerprint density at radius 1 is 1.53 bits per heavy atom. The van der Waals surface area contributed by atoms with Crippen LogP contribution in [0.15, 0.2) is 12.5 Å². The average molecular weight is 265 g/mol. The molecule has 6 heteroatoms. The van der Waals surface area contributed by atoms with Crippen molar-refractivity contribution in [1.29, 1.82) is 0 Å². The zero-order valence-electron chi connectivity index (χ0n) is 11.3. The second kappa shape index (κ2) is 5.03. The van der Waals surface area contributed by atoms with E-state index in [1.165, 1.54) is 6.20 Å². The van der Waals surface area contributed by atoms with Gasteiger partial charge in [0.1, 0.15) is 5.69 Å². The van der Waals surface area contributed by atoms with E-state index in [9.17, 15) is 14.7 Å². The molecule has 2 rings (SSSR count). The zero-order chi connectivity index (χ0) is 14.0. The van der Waals surface area contributed by atoms with Crippen molar-refractivity contribution in [2.75, 3.05) is 13.1 Å². The summed E-state index contributed by atoms with van der Waals surface area (Å²) in [5.41, 5.74) is -0.277. The number of amides is 1. The SMILES string of the molecule is CCCC1(C(=O)O)CCN(C(=O)c2cncn2C)C1. The average Bonchev–Trinajstić information content (AvgIpc) is 2.96. The highest BCUT2D eigenvalue weighted by Crippen LogP contribution is 2.36. The lowest BCUT2D eigenvalue weighted by Gasteiger charge is -2.24. The van der Waals surface area contributed by atoms with Crippen LogP contribution in [0, 0.1) is 5.41 Å². The number of aromatic nitrogens is 2. The van der Waals surface area contributed by atoms with Crippen molar-refractivity contribution in [1.82, 2.24) is 14.5 Å². The number of rotatable bonds is 4. The van der Waals surface area contributed by atoms with Gasteiger partial charge >= 0.3 is 5.97 Å². The van der Waals surface area contributed by atoms with Gasteiger partial charge in [0.2, 0.25) is 0 Å². The van der Waals surface area contributed by atoms with E-state index in [1.807, 2.05) is 6.92 Å². The summed E-state index contributed by atoms with van der Waals surface area (Å²) in [6.45, 7) is 2.76. The predicted octanol–water partition coefficient (Wildman–Crippen LogP) is 1.14. The number of likely N-dealkylation sites (tertiary alicyclic amines) is 1. The molecule has 1 fully saturated rings. The zero-order valence-corrected chi connectivity index (χ0v) is 11.3. The first kappa shape index (κ1) is 13.6. The van der Waals surface area contributed by atoms with Crippen LogP contribution in [0.1, 0.15) is 36.7 Å². The normalized spacial score (nSPS) is 22.7. The third-order valence-electron chi connectivity index (χ3n) is 3.86. The third-order valence-corrected chi connectivity index (χ3v) is 3.86. The Balaban J connectivity index is 2.15. The van der Waals surface area contributed by atoms with Gasteiger partial charge in [-0.3, -0.25) is 9.59 Å². The van der Waals surface area contributed by atoms with Crippen LogP contribution in [0.4, 0.5) is 0 Å². The number of aliphatic carboxylic acids is 1. The highest BCUT2D eigenvalue weighted by atomic mass is 16.4. The Labute approximate surface area is 112 Å². The number of carboxylic acid groups (broad SMARTS) is 1. The smallest absolute Gasteiger partial charge is 0.311 e. The molecular formula is C13H19N3O3. The Morgan fingerprint density at radius 2 is 2.26 bits per heavy atom. The van der Waals surface area contributed by atoms with Crippen molar-refractivity contribution >= 4 is 11.9 Å². The molecule has 0 aromatic carbocycles. The Bertz CT molecular complexity index is 497. The van der Waals surface area contributed by atoms with E-state index in [0.29, 0.717) is 31.6 Å².